The van der Waals surface area contributed by atoms with Crippen LogP contribution in [0.1, 0.15) is 11.1 Å². The Labute approximate surface area is 63.4 Å². The summed E-state index contributed by atoms with van der Waals surface area (Å²) >= 11 is 0. The highest BCUT2D eigenvalue weighted by Crippen LogP contribution is 2.48. The summed E-state index contributed by atoms with van der Waals surface area (Å²) in [7, 11) is 0. The minimum absolute atomic E-state index is 0.580. The third-order valence-corrected chi connectivity index (χ3v) is 2.00. The van der Waals surface area contributed by atoms with Crippen LogP contribution in [0.5, 0.6) is 0 Å². The van der Waals surface area contributed by atoms with E-state index < -0.39 is 5.97 Å². The van der Waals surface area contributed by atoms with E-state index in [1.165, 1.54) is 0 Å². The van der Waals surface area contributed by atoms with Gasteiger partial charge in [-0.25, -0.2) is 0 Å². The zero-order valence-electron chi connectivity index (χ0n) is 5.74. The summed E-state index contributed by atoms with van der Waals surface area (Å²) in [5.74, 6) is -0.823. The molecule has 1 fully saturated rings. The van der Waals surface area contributed by atoms with Crippen LogP contribution in [0.25, 0.3) is 0 Å². The molecular formula is C8H6O3. The monoisotopic (exact) mass is 150 g/mol. The zero-order chi connectivity index (χ0) is 7.31. The Morgan fingerprint density at radius 3 is 2.82 bits per heavy atom. The molecule has 2 aliphatic heterocycles. The highest BCUT2D eigenvalue weighted by molar-refractivity contribution is 5.32. The minimum Gasteiger partial charge on any atom is -0.315 e. The van der Waals surface area contributed by atoms with E-state index in [0.717, 1.165) is 11.1 Å². The number of ether oxygens (including phenoxy) is 1. The normalized spacial score (nSPS) is 23.6. The van der Waals surface area contributed by atoms with Gasteiger partial charge in [0.25, 0.3) is 0 Å². The Bertz CT molecular complexity index is 304. The topological polar surface area (TPSA) is 34.3 Å². The van der Waals surface area contributed by atoms with Gasteiger partial charge in [0.1, 0.15) is 0 Å². The molecule has 56 valence electrons. The lowest BCUT2D eigenvalue weighted by molar-refractivity contribution is -0.0467. The average molecular weight is 150 g/mol. The van der Waals surface area contributed by atoms with Gasteiger partial charge in [-0.05, 0) is 5.56 Å². The fourth-order valence-corrected chi connectivity index (χ4v) is 1.37. The van der Waals surface area contributed by atoms with Gasteiger partial charge in [0.2, 0.25) is 0 Å². The van der Waals surface area contributed by atoms with Gasteiger partial charge in [0.05, 0.1) is 12.2 Å². The first-order chi connectivity index (χ1) is 5.41. The van der Waals surface area contributed by atoms with Crippen molar-refractivity contribution >= 4 is 0 Å². The van der Waals surface area contributed by atoms with E-state index >= 15 is 0 Å². The number of benzene rings is 1. The summed E-state index contributed by atoms with van der Waals surface area (Å²) in [6, 6.07) is 7.88. The minimum atomic E-state index is -0.823. The predicted octanol–water partition coefficient (Wildman–Crippen LogP) is 1.29. The molecule has 0 aromatic heterocycles. The molecule has 0 radical (unpaired) electrons. The van der Waals surface area contributed by atoms with E-state index in [4.69, 9.17) is 14.5 Å². The molecule has 3 heteroatoms. The second-order valence-electron chi connectivity index (χ2n) is 2.67. The van der Waals surface area contributed by atoms with Crippen molar-refractivity contribution in [1.29, 1.82) is 0 Å². The molecule has 2 heterocycles. The molecule has 0 unspecified atom stereocenters. The van der Waals surface area contributed by atoms with Crippen LogP contribution in [0.3, 0.4) is 0 Å². The lowest BCUT2D eigenvalue weighted by Crippen LogP contribution is -2.03. The molecule has 2 aliphatic rings. The third-order valence-electron chi connectivity index (χ3n) is 2.00. The molecule has 0 bridgehead atoms. The Hall–Kier alpha value is -0.900. The number of fused-ring (bicyclic) bond motifs is 2. The summed E-state index contributed by atoms with van der Waals surface area (Å²) in [6.45, 7) is 0.580. The zero-order valence-corrected chi connectivity index (χ0v) is 5.74. The second kappa shape index (κ2) is 1.64. The van der Waals surface area contributed by atoms with Crippen molar-refractivity contribution < 1.29 is 14.5 Å². The average Bonchev–Trinajstić information content (AvgIpc) is 2.72. The van der Waals surface area contributed by atoms with E-state index in [1.54, 1.807) is 0 Å². The Kier molecular flexibility index (Phi) is 0.850. The maximum absolute atomic E-state index is 5.28. The van der Waals surface area contributed by atoms with Crippen molar-refractivity contribution in [3.63, 3.8) is 0 Å². The highest BCUT2D eigenvalue weighted by Gasteiger charge is 2.57. The molecule has 0 saturated carbocycles. The largest absolute Gasteiger partial charge is 0.368 e. The van der Waals surface area contributed by atoms with E-state index in [0.29, 0.717) is 6.61 Å². The molecule has 1 saturated heterocycles. The van der Waals surface area contributed by atoms with Gasteiger partial charge < -0.3 is 4.74 Å². The van der Waals surface area contributed by atoms with Crippen molar-refractivity contribution in [2.24, 2.45) is 0 Å². The first-order valence-electron chi connectivity index (χ1n) is 3.50. The van der Waals surface area contributed by atoms with Crippen molar-refractivity contribution in [3.05, 3.63) is 35.4 Å². The molecule has 0 aliphatic carbocycles. The maximum atomic E-state index is 5.28. The van der Waals surface area contributed by atoms with E-state index in [1.807, 2.05) is 24.3 Å². The lowest BCUT2D eigenvalue weighted by atomic mass is 10.1. The fourth-order valence-electron chi connectivity index (χ4n) is 1.37. The van der Waals surface area contributed by atoms with Gasteiger partial charge in [-0.3, -0.25) is 0 Å². The quantitative estimate of drug-likeness (QED) is 0.412. The van der Waals surface area contributed by atoms with Gasteiger partial charge in [-0.15, -0.1) is 0 Å². The smallest absolute Gasteiger partial charge is 0.315 e. The van der Waals surface area contributed by atoms with E-state index in [2.05, 4.69) is 0 Å². The summed E-state index contributed by atoms with van der Waals surface area (Å²) in [6.07, 6.45) is 0. The molecule has 0 atom stereocenters. The lowest BCUT2D eigenvalue weighted by Gasteiger charge is -1.95. The molecule has 0 N–H and O–H groups in total. The second-order valence-corrected chi connectivity index (χ2v) is 2.67. The summed E-state index contributed by atoms with van der Waals surface area (Å²) in [5, 5.41) is 0. The van der Waals surface area contributed by atoms with E-state index in [-0.39, 0.29) is 0 Å². The third kappa shape index (κ3) is 0.625. The van der Waals surface area contributed by atoms with Crippen LogP contribution in [0, 0.1) is 0 Å². The van der Waals surface area contributed by atoms with Gasteiger partial charge in [-0.2, -0.15) is 9.78 Å². The van der Waals surface area contributed by atoms with Gasteiger partial charge in [-0.1, -0.05) is 24.3 Å². The van der Waals surface area contributed by atoms with Crippen LogP contribution < -0.4 is 0 Å². The first kappa shape index (κ1) is 5.71. The summed E-state index contributed by atoms with van der Waals surface area (Å²) in [5.41, 5.74) is 2.14. The standard InChI is InChI=1S/C8H6O3/c1-2-4-7-6(3-1)5-9-8(7)10-11-8/h1-4H,5H2. The number of rotatable bonds is 0. The SMILES string of the molecule is c1ccc2c(c1)COC21OO1. The summed E-state index contributed by atoms with van der Waals surface area (Å²) < 4.78 is 5.28. The van der Waals surface area contributed by atoms with Crippen molar-refractivity contribution in [2.45, 2.75) is 12.6 Å². The highest BCUT2D eigenvalue weighted by atomic mass is 17.5. The summed E-state index contributed by atoms with van der Waals surface area (Å²) in [4.78, 5) is 9.52. The van der Waals surface area contributed by atoms with Crippen LogP contribution in [-0.2, 0) is 27.1 Å². The van der Waals surface area contributed by atoms with Crippen molar-refractivity contribution in [2.75, 3.05) is 0 Å². The van der Waals surface area contributed by atoms with Crippen LogP contribution in [0.15, 0.2) is 24.3 Å². The van der Waals surface area contributed by atoms with Gasteiger partial charge in [0.15, 0.2) is 0 Å². The Morgan fingerprint density at radius 2 is 2.00 bits per heavy atom. The van der Waals surface area contributed by atoms with Crippen LogP contribution in [0.4, 0.5) is 0 Å². The van der Waals surface area contributed by atoms with Gasteiger partial charge in [0, 0.05) is 0 Å². The molecule has 1 aromatic carbocycles. The number of hydrogen-bond donors (Lipinski definition) is 0. The molecule has 1 aromatic rings. The molecule has 3 rings (SSSR count). The predicted molar refractivity (Wildman–Crippen MR) is 35.1 cm³/mol. The van der Waals surface area contributed by atoms with Gasteiger partial charge >= 0.3 is 5.97 Å². The van der Waals surface area contributed by atoms with Crippen LogP contribution in [0.2, 0.25) is 0 Å². The molecular weight excluding hydrogens is 144 g/mol. The maximum Gasteiger partial charge on any atom is 0.368 e. The van der Waals surface area contributed by atoms with E-state index in [9.17, 15) is 0 Å². The van der Waals surface area contributed by atoms with Crippen molar-refractivity contribution in [3.8, 4) is 0 Å². The number of hydrogen-bond acceptors (Lipinski definition) is 3. The molecule has 0 amide bonds. The molecule has 3 nitrogen and oxygen atoms in total. The first-order valence-corrected chi connectivity index (χ1v) is 3.50. The van der Waals surface area contributed by atoms with Crippen LogP contribution in [-0.4, -0.2) is 0 Å². The molecule has 11 heavy (non-hydrogen) atoms. The fraction of sp³-hybridized carbons (Fsp3) is 0.250. The molecule has 1 spiro atoms. The Morgan fingerprint density at radius 1 is 1.18 bits per heavy atom. The van der Waals surface area contributed by atoms with Crippen LogP contribution >= 0.6 is 0 Å². The Balaban J connectivity index is 2.21. The van der Waals surface area contributed by atoms with Crippen molar-refractivity contribution in [1.82, 2.24) is 0 Å².